The van der Waals surface area contributed by atoms with Gasteiger partial charge in [-0.3, -0.25) is 4.79 Å². The number of rotatable bonds is 5. The monoisotopic (exact) mass is 343 g/mol. The minimum absolute atomic E-state index is 0.0522. The Bertz CT molecular complexity index is 808. The van der Waals surface area contributed by atoms with Crippen LogP contribution in [0.25, 0.3) is 0 Å². The number of phenols is 1. The molecule has 1 amide bonds. The molecule has 0 atom stereocenters. The molecule has 5 nitrogen and oxygen atoms in total. The van der Waals surface area contributed by atoms with E-state index in [1.807, 2.05) is 32.9 Å². The maximum atomic E-state index is 13.3. The van der Waals surface area contributed by atoms with Crippen molar-refractivity contribution in [1.29, 1.82) is 0 Å². The molecule has 0 bridgehead atoms. The molecule has 2 aromatic rings. The number of nitrogens with one attached hydrogen (secondary N) is 2. The van der Waals surface area contributed by atoms with Crippen molar-refractivity contribution in [3.05, 3.63) is 58.4 Å². The summed E-state index contributed by atoms with van der Waals surface area (Å²) in [6.45, 7) is 7.62. The molecule has 6 heteroatoms. The normalized spacial score (nSPS) is 11.3. The summed E-state index contributed by atoms with van der Waals surface area (Å²) in [6.07, 6.45) is 0. The Hall–Kier alpha value is -2.89. The van der Waals surface area contributed by atoms with Gasteiger partial charge in [0.15, 0.2) is 0 Å². The summed E-state index contributed by atoms with van der Waals surface area (Å²) in [5, 5.41) is 16.8. The lowest BCUT2D eigenvalue weighted by Crippen LogP contribution is -2.27. The highest BCUT2D eigenvalue weighted by Crippen LogP contribution is 2.21. The number of carbonyl (C=O) groups is 1. The van der Waals surface area contributed by atoms with Gasteiger partial charge in [0, 0.05) is 11.3 Å². The second-order valence-electron chi connectivity index (χ2n) is 6.02. The van der Waals surface area contributed by atoms with Crippen LogP contribution in [0.15, 0.2) is 35.4 Å². The highest BCUT2D eigenvalue weighted by molar-refractivity contribution is 6.01. The number of hydrazone groups is 1. The summed E-state index contributed by atoms with van der Waals surface area (Å²) in [5.41, 5.74) is 7.17. The molecular weight excluding hydrogens is 321 g/mol. The molecule has 0 saturated carbocycles. The van der Waals surface area contributed by atoms with Crippen molar-refractivity contribution >= 4 is 17.3 Å². The maximum Gasteiger partial charge on any atom is 0.259 e. The first-order valence-corrected chi connectivity index (χ1v) is 7.91. The molecule has 0 fully saturated rings. The second kappa shape index (κ2) is 7.79. The van der Waals surface area contributed by atoms with Crippen LogP contribution >= 0.6 is 0 Å². The van der Waals surface area contributed by atoms with Gasteiger partial charge in [-0.1, -0.05) is 17.7 Å². The van der Waals surface area contributed by atoms with Crippen molar-refractivity contribution in [2.75, 3.05) is 11.9 Å². The highest BCUT2D eigenvalue weighted by atomic mass is 19.1. The molecule has 0 aliphatic heterocycles. The van der Waals surface area contributed by atoms with Crippen LogP contribution in [0, 0.1) is 26.6 Å². The summed E-state index contributed by atoms with van der Waals surface area (Å²) in [6, 6.07) is 7.65. The molecule has 0 heterocycles. The van der Waals surface area contributed by atoms with Crippen LogP contribution in [0.3, 0.4) is 0 Å². The number of benzene rings is 2. The smallest absolute Gasteiger partial charge is 0.259 e. The molecule has 25 heavy (non-hydrogen) atoms. The third-order valence-corrected chi connectivity index (χ3v) is 3.80. The van der Waals surface area contributed by atoms with Gasteiger partial charge in [-0.2, -0.15) is 5.10 Å². The number of phenolic OH excluding ortho intramolecular Hbond substituents is 1. The number of halogens is 1. The first kappa shape index (κ1) is 18.4. The van der Waals surface area contributed by atoms with Crippen molar-refractivity contribution in [1.82, 2.24) is 5.43 Å². The van der Waals surface area contributed by atoms with E-state index in [1.54, 1.807) is 6.92 Å². The lowest BCUT2D eigenvalue weighted by atomic mass is 10.1. The lowest BCUT2D eigenvalue weighted by molar-refractivity contribution is -0.119. The van der Waals surface area contributed by atoms with Crippen molar-refractivity contribution < 1.29 is 14.3 Å². The summed E-state index contributed by atoms with van der Waals surface area (Å²) >= 11 is 0. The minimum atomic E-state index is -0.485. The molecule has 0 spiro atoms. The van der Waals surface area contributed by atoms with Gasteiger partial charge in [-0.25, -0.2) is 9.82 Å². The number of amides is 1. The zero-order valence-corrected chi connectivity index (χ0v) is 14.8. The molecule has 0 saturated heterocycles. The first-order valence-electron chi connectivity index (χ1n) is 7.91. The van der Waals surface area contributed by atoms with Crippen LogP contribution in [0.1, 0.15) is 29.2 Å². The van der Waals surface area contributed by atoms with E-state index in [2.05, 4.69) is 15.8 Å². The van der Waals surface area contributed by atoms with Crippen LogP contribution in [0.2, 0.25) is 0 Å². The number of anilines is 1. The predicted octanol–water partition coefficient (Wildman–Crippen LogP) is 3.41. The Morgan fingerprint density at radius 1 is 1.16 bits per heavy atom. The van der Waals surface area contributed by atoms with E-state index in [-0.39, 0.29) is 23.8 Å². The fourth-order valence-electron chi connectivity index (χ4n) is 2.67. The van der Waals surface area contributed by atoms with Crippen LogP contribution in [0.4, 0.5) is 10.1 Å². The SMILES string of the molecule is C/C(=N\NC(=O)CNc1c(C)cc(C)cc1C)c1cc(F)ccc1O. The Balaban J connectivity index is 2.00. The van der Waals surface area contributed by atoms with Crippen LogP contribution in [-0.2, 0) is 4.79 Å². The average Bonchev–Trinajstić information content (AvgIpc) is 2.53. The summed E-state index contributed by atoms with van der Waals surface area (Å²) in [7, 11) is 0. The van der Waals surface area contributed by atoms with E-state index in [0.717, 1.165) is 28.9 Å². The molecule has 2 rings (SSSR count). The van der Waals surface area contributed by atoms with E-state index < -0.39 is 5.82 Å². The highest BCUT2D eigenvalue weighted by Gasteiger charge is 2.08. The number of aryl methyl sites for hydroxylation is 3. The van der Waals surface area contributed by atoms with Gasteiger partial charge < -0.3 is 10.4 Å². The fraction of sp³-hybridized carbons (Fsp3) is 0.263. The molecule has 0 aliphatic carbocycles. The summed E-state index contributed by atoms with van der Waals surface area (Å²) in [4.78, 5) is 12.0. The minimum Gasteiger partial charge on any atom is -0.507 e. The molecule has 132 valence electrons. The number of nitrogens with zero attached hydrogens (tertiary/aromatic N) is 1. The molecule has 3 N–H and O–H groups in total. The van der Waals surface area contributed by atoms with Crippen molar-refractivity contribution in [2.24, 2.45) is 5.10 Å². The van der Waals surface area contributed by atoms with Gasteiger partial charge in [0.25, 0.3) is 5.91 Å². The quantitative estimate of drug-likeness (QED) is 0.575. The van der Waals surface area contributed by atoms with E-state index in [1.165, 1.54) is 11.6 Å². The zero-order chi connectivity index (χ0) is 18.6. The molecule has 0 unspecified atom stereocenters. The summed E-state index contributed by atoms with van der Waals surface area (Å²) < 4.78 is 13.3. The van der Waals surface area contributed by atoms with Crippen molar-refractivity contribution in [3.63, 3.8) is 0 Å². The average molecular weight is 343 g/mol. The number of hydrogen-bond acceptors (Lipinski definition) is 4. The summed E-state index contributed by atoms with van der Waals surface area (Å²) in [5.74, 6) is -0.920. The van der Waals surface area contributed by atoms with Gasteiger partial charge >= 0.3 is 0 Å². The van der Waals surface area contributed by atoms with Gasteiger partial charge in [-0.05, 0) is 57.0 Å². The number of hydrogen-bond donors (Lipinski definition) is 3. The Morgan fingerprint density at radius 2 is 1.80 bits per heavy atom. The van der Waals surface area contributed by atoms with E-state index in [4.69, 9.17) is 0 Å². The molecular formula is C19H22FN3O2. The topological polar surface area (TPSA) is 73.7 Å². The Labute approximate surface area is 146 Å². The lowest BCUT2D eigenvalue weighted by Gasteiger charge is -2.13. The second-order valence-corrected chi connectivity index (χ2v) is 6.02. The molecule has 0 aliphatic rings. The Morgan fingerprint density at radius 3 is 2.44 bits per heavy atom. The number of carbonyl (C=O) groups excluding carboxylic acids is 1. The van der Waals surface area contributed by atoms with Gasteiger partial charge in [-0.15, -0.1) is 0 Å². The maximum absolute atomic E-state index is 13.3. The van der Waals surface area contributed by atoms with Crippen molar-refractivity contribution in [3.8, 4) is 5.75 Å². The van der Waals surface area contributed by atoms with Crippen LogP contribution in [0.5, 0.6) is 5.75 Å². The number of aromatic hydroxyl groups is 1. The van der Waals surface area contributed by atoms with Crippen LogP contribution < -0.4 is 10.7 Å². The fourth-order valence-corrected chi connectivity index (χ4v) is 2.67. The molecule has 2 aromatic carbocycles. The molecule has 0 aromatic heterocycles. The van der Waals surface area contributed by atoms with Gasteiger partial charge in [0.2, 0.25) is 0 Å². The largest absolute Gasteiger partial charge is 0.507 e. The first-order chi connectivity index (χ1) is 11.8. The van der Waals surface area contributed by atoms with Gasteiger partial charge in [0.05, 0.1) is 12.3 Å². The van der Waals surface area contributed by atoms with E-state index in [0.29, 0.717) is 5.71 Å². The van der Waals surface area contributed by atoms with E-state index >= 15 is 0 Å². The Kier molecular flexibility index (Phi) is 5.75. The zero-order valence-electron chi connectivity index (χ0n) is 14.8. The standard InChI is InChI=1S/C19H22FN3O2/c1-11-7-12(2)19(13(3)8-11)21-10-18(25)23-22-14(4)16-9-15(20)5-6-17(16)24/h5-9,21,24H,10H2,1-4H3,(H,23,25)/b22-14+. The van der Waals surface area contributed by atoms with Crippen LogP contribution in [-0.4, -0.2) is 23.3 Å². The third kappa shape index (κ3) is 4.79. The van der Waals surface area contributed by atoms with E-state index in [9.17, 15) is 14.3 Å². The predicted molar refractivity (Wildman–Crippen MR) is 97.6 cm³/mol. The molecule has 0 radical (unpaired) electrons. The van der Waals surface area contributed by atoms with Crippen molar-refractivity contribution in [2.45, 2.75) is 27.7 Å². The van der Waals surface area contributed by atoms with Gasteiger partial charge in [0.1, 0.15) is 11.6 Å². The third-order valence-electron chi connectivity index (χ3n) is 3.80.